The Morgan fingerprint density at radius 2 is 1.14 bits per heavy atom. The number of aliphatic hydroxyl groups excluding tert-OH is 3. The van der Waals surface area contributed by atoms with Gasteiger partial charge in [0.25, 0.3) is 0 Å². The molecule has 10 atom stereocenters. The number of unbranched alkanes of at least 4 members (excludes halogenated alkanes) is 5. The molecular formula is C28H46O15. The highest BCUT2D eigenvalue weighted by atomic mass is 16.7. The molecule has 2 saturated heterocycles. The molecule has 0 amide bonds. The largest absolute Gasteiger partial charge is 0.463 e. The summed E-state index contributed by atoms with van der Waals surface area (Å²) in [6.07, 6.45) is -8.23. The van der Waals surface area contributed by atoms with Crippen LogP contribution < -0.4 is 0 Å². The van der Waals surface area contributed by atoms with Gasteiger partial charge < -0.3 is 53.2 Å². The van der Waals surface area contributed by atoms with Crippen molar-refractivity contribution in [3.05, 3.63) is 0 Å². The highest BCUT2D eigenvalue weighted by Crippen LogP contribution is 2.31. The Kier molecular flexibility index (Phi) is 15.8. The van der Waals surface area contributed by atoms with Crippen molar-refractivity contribution in [2.24, 2.45) is 0 Å². The highest BCUT2D eigenvalue weighted by Gasteiger charge is 2.53. The average Bonchev–Trinajstić information content (AvgIpc) is 2.92. The summed E-state index contributed by atoms with van der Waals surface area (Å²) < 4.78 is 44.1. The Balaban J connectivity index is 2.19. The summed E-state index contributed by atoms with van der Waals surface area (Å²) in [6.45, 7) is 5.89. The minimum atomic E-state index is -1.63. The van der Waals surface area contributed by atoms with Crippen molar-refractivity contribution in [2.75, 3.05) is 19.8 Å². The monoisotopic (exact) mass is 622 g/mol. The molecule has 2 fully saturated rings. The zero-order valence-electron chi connectivity index (χ0n) is 25.4. The average molecular weight is 623 g/mol. The Morgan fingerprint density at radius 1 is 0.581 bits per heavy atom. The maximum absolute atomic E-state index is 12.0. The summed E-state index contributed by atoms with van der Waals surface area (Å²) in [5, 5.41) is 31.4. The van der Waals surface area contributed by atoms with Gasteiger partial charge in [-0.2, -0.15) is 0 Å². The van der Waals surface area contributed by atoms with Crippen LogP contribution in [0.4, 0.5) is 0 Å². The number of hydrogen-bond donors (Lipinski definition) is 3. The van der Waals surface area contributed by atoms with Crippen LogP contribution in [0.15, 0.2) is 0 Å². The number of hydrogen-bond acceptors (Lipinski definition) is 15. The van der Waals surface area contributed by atoms with E-state index in [1.807, 2.05) is 0 Å². The van der Waals surface area contributed by atoms with Crippen LogP contribution >= 0.6 is 0 Å². The highest BCUT2D eigenvalue weighted by molar-refractivity contribution is 5.68. The predicted molar refractivity (Wildman–Crippen MR) is 144 cm³/mol. The van der Waals surface area contributed by atoms with Crippen molar-refractivity contribution >= 4 is 23.9 Å². The molecule has 3 N–H and O–H groups in total. The second-order valence-electron chi connectivity index (χ2n) is 10.6. The van der Waals surface area contributed by atoms with E-state index >= 15 is 0 Å². The second-order valence-corrected chi connectivity index (χ2v) is 10.6. The van der Waals surface area contributed by atoms with Crippen molar-refractivity contribution < 1.29 is 72.4 Å². The van der Waals surface area contributed by atoms with Crippen LogP contribution in [0.1, 0.15) is 73.1 Å². The number of carbonyl (C=O) groups is 4. The van der Waals surface area contributed by atoms with Crippen molar-refractivity contribution in [1.82, 2.24) is 0 Å². The van der Waals surface area contributed by atoms with Crippen LogP contribution in [-0.2, 0) is 57.1 Å². The van der Waals surface area contributed by atoms with Gasteiger partial charge in [-0.3, -0.25) is 19.2 Å². The lowest BCUT2D eigenvalue weighted by atomic mass is 9.97. The van der Waals surface area contributed by atoms with Gasteiger partial charge in [-0.15, -0.1) is 0 Å². The fraction of sp³-hybridized carbons (Fsp3) is 0.857. The first-order valence-corrected chi connectivity index (χ1v) is 14.6. The Hall–Kier alpha value is -2.40. The molecule has 15 nitrogen and oxygen atoms in total. The topological polar surface area (TPSA) is 203 Å². The maximum atomic E-state index is 12.0. The minimum absolute atomic E-state index is 0.254. The fourth-order valence-corrected chi connectivity index (χ4v) is 4.79. The van der Waals surface area contributed by atoms with E-state index in [1.54, 1.807) is 0 Å². The molecule has 0 aliphatic carbocycles. The smallest absolute Gasteiger partial charge is 0.303 e. The lowest BCUT2D eigenvalue weighted by Crippen LogP contribution is -2.64. The van der Waals surface area contributed by atoms with E-state index in [2.05, 4.69) is 6.92 Å². The van der Waals surface area contributed by atoms with Crippen LogP contribution in [0.25, 0.3) is 0 Å². The molecular weight excluding hydrogens is 576 g/mol. The third-order valence-corrected chi connectivity index (χ3v) is 6.82. The Bertz CT molecular complexity index is 897. The number of ether oxygens (including phenoxy) is 8. The van der Waals surface area contributed by atoms with Crippen molar-refractivity contribution in [3.63, 3.8) is 0 Å². The number of carbonyl (C=O) groups excluding carboxylic acids is 4. The fourth-order valence-electron chi connectivity index (χ4n) is 4.79. The van der Waals surface area contributed by atoms with Crippen LogP contribution in [-0.4, -0.2) is 120 Å². The molecule has 0 radical (unpaired) electrons. The molecule has 15 heteroatoms. The van der Waals surface area contributed by atoms with E-state index in [4.69, 9.17) is 37.9 Å². The Labute approximate surface area is 251 Å². The van der Waals surface area contributed by atoms with Gasteiger partial charge in [0.2, 0.25) is 0 Å². The molecule has 0 aromatic carbocycles. The van der Waals surface area contributed by atoms with Gasteiger partial charge in [0.05, 0.1) is 6.61 Å². The van der Waals surface area contributed by atoms with E-state index in [0.717, 1.165) is 59.8 Å². The van der Waals surface area contributed by atoms with Gasteiger partial charge in [-0.25, -0.2) is 0 Å². The second kappa shape index (κ2) is 18.4. The zero-order valence-corrected chi connectivity index (χ0v) is 25.4. The minimum Gasteiger partial charge on any atom is -0.463 e. The van der Waals surface area contributed by atoms with Crippen molar-refractivity contribution in [2.45, 2.75) is 135 Å². The summed E-state index contributed by atoms with van der Waals surface area (Å²) in [5.74, 6) is -3.07. The van der Waals surface area contributed by atoms with Gasteiger partial charge in [0.1, 0.15) is 37.1 Å². The van der Waals surface area contributed by atoms with Gasteiger partial charge in [0.15, 0.2) is 30.9 Å². The number of aliphatic hydroxyl groups is 3. The van der Waals surface area contributed by atoms with Gasteiger partial charge >= 0.3 is 23.9 Å². The molecule has 2 rings (SSSR count). The molecule has 0 bridgehead atoms. The standard InChI is InChI=1S/C28H46O15/c1-6-7-8-9-10-11-12-36-27-23(35)22(34)21(33)19(42-27)13-38-28-26(41-18(5)32)25(40-17(4)31)24(39-16(3)30)20(43-28)14-37-15(2)29/h19-28,33-35H,6-14H2,1-5H3/t19-,20-,21-,22+,23-,24-,25+,26-,27-,28-/m1/s1. The predicted octanol–water partition coefficient (Wildman–Crippen LogP) is 0.271. The molecule has 2 aliphatic rings. The SMILES string of the molecule is CCCCCCCCO[C@@H]1O[C@H](CO[C@@H]2O[C@H](COC(C)=O)[C@@H](OC(C)=O)[C@H](OC(C)=O)[C@H]2OC(C)=O)[C@@H](O)[C@H](O)[C@H]1O. The summed E-state index contributed by atoms with van der Waals surface area (Å²) in [5.41, 5.74) is 0. The lowest BCUT2D eigenvalue weighted by Gasteiger charge is -2.45. The first-order valence-electron chi connectivity index (χ1n) is 14.6. The summed E-state index contributed by atoms with van der Waals surface area (Å²) >= 11 is 0. The van der Waals surface area contributed by atoms with E-state index < -0.39 is 98.5 Å². The quantitative estimate of drug-likeness (QED) is 0.120. The molecule has 0 aromatic heterocycles. The number of rotatable bonds is 16. The molecule has 0 saturated carbocycles. The van der Waals surface area contributed by atoms with Crippen molar-refractivity contribution in [1.29, 1.82) is 0 Å². The number of esters is 4. The first-order chi connectivity index (χ1) is 20.3. The van der Waals surface area contributed by atoms with Crippen LogP contribution in [0.5, 0.6) is 0 Å². The van der Waals surface area contributed by atoms with E-state index in [9.17, 15) is 34.5 Å². The van der Waals surface area contributed by atoms with Crippen molar-refractivity contribution in [3.8, 4) is 0 Å². The van der Waals surface area contributed by atoms with Crippen LogP contribution in [0, 0.1) is 0 Å². The Morgan fingerprint density at radius 3 is 1.74 bits per heavy atom. The molecule has 0 unspecified atom stereocenters. The summed E-state index contributed by atoms with van der Waals surface area (Å²) in [7, 11) is 0. The summed E-state index contributed by atoms with van der Waals surface area (Å²) in [6, 6.07) is 0. The third-order valence-electron chi connectivity index (χ3n) is 6.82. The maximum Gasteiger partial charge on any atom is 0.303 e. The normalized spacial score (nSPS) is 32.5. The first kappa shape index (κ1) is 36.8. The molecule has 2 heterocycles. The van der Waals surface area contributed by atoms with E-state index in [-0.39, 0.29) is 6.61 Å². The molecule has 0 spiro atoms. The van der Waals surface area contributed by atoms with E-state index in [0.29, 0.717) is 6.42 Å². The molecule has 0 aromatic rings. The molecule has 2 aliphatic heterocycles. The van der Waals surface area contributed by atoms with Crippen LogP contribution in [0.3, 0.4) is 0 Å². The van der Waals surface area contributed by atoms with Crippen LogP contribution in [0.2, 0.25) is 0 Å². The molecule has 43 heavy (non-hydrogen) atoms. The van der Waals surface area contributed by atoms with Gasteiger partial charge in [-0.05, 0) is 6.42 Å². The summed E-state index contributed by atoms with van der Waals surface area (Å²) in [4.78, 5) is 47.4. The van der Waals surface area contributed by atoms with Gasteiger partial charge in [-0.1, -0.05) is 39.0 Å². The van der Waals surface area contributed by atoms with Gasteiger partial charge in [0, 0.05) is 34.3 Å². The lowest BCUT2D eigenvalue weighted by molar-refractivity contribution is -0.333. The third kappa shape index (κ3) is 11.9. The van der Waals surface area contributed by atoms with E-state index in [1.165, 1.54) is 0 Å². The molecule has 248 valence electrons. The zero-order chi connectivity index (χ0) is 32.1.